The van der Waals surface area contributed by atoms with E-state index >= 15 is 0 Å². The number of likely N-dealkylation sites (tertiary alicyclic amines) is 1. The number of imidazole rings is 1. The summed E-state index contributed by atoms with van der Waals surface area (Å²) < 4.78 is 38.8. The van der Waals surface area contributed by atoms with Crippen molar-refractivity contribution in [1.82, 2.24) is 19.8 Å². The second-order valence-electron chi connectivity index (χ2n) is 6.30. The third-order valence-corrected chi connectivity index (χ3v) is 4.70. The van der Waals surface area contributed by atoms with Gasteiger partial charge in [-0.3, -0.25) is 4.90 Å². The molecule has 1 N–H and O–H groups in total. The fourth-order valence-electron chi connectivity index (χ4n) is 3.56. The van der Waals surface area contributed by atoms with Gasteiger partial charge in [-0.15, -0.1) is 12.4 Å². The largest absolute Gasteiger partial charge is 0.406 e. The predicted molar refractivity (Wildman–Crippen MR) is 80.0 cm³/mol. The standard InChI is InChI=1S/C14H21F3N4.ClH/c15-14(16,17)11-21-8-6-19-12(21)9-20-7-3-13(10-20)1-4-18-5-2-13;/h6,8,18H,1-5,7,9-11H2;1H. The molecule has 2 fully saturated rings. The molecule has 0 amide bonds. The molecule has 0 aliphatic carbocycles. The van der Waals surface area contributed by atoms with Gasteiger partial charge in [0.1, 0.15) is 12.4 Å². The smallest absolute Gasteiger partial charge is 0.325 e. The first kappa shape index (κ1) is 17.6. The van der Waals surface area contributed by atoms with Crippen LogP contribution < -0.4 is 5.32 Å². The molecule has 1 spiro atoms. The van der Waals surface area contributed by atoms with Gasteiger partial charge in [0, 0.05) is 18.9 Å². The summed E-state index contributed by atoms with van der Waals surface area (Å²) in [6.45, 7) is 3.60. The number of nitrogens with zero attached hydrogens (tertiary/aromatic N) is 3. The number of alkyl halides is 3. The van der Waals surface area contributed by atoms with Crippen molar-refractivity contribution < 1.29 is 13.2 Å². The van der Waals surface area contributed by atoms with Gasteiger partial charge in [0.2, 0.25) is 0 Å². The van der Waals surface area contributed by atoms with Crippen LogP contribution in [0.4, 0.5) is 13.2 Å². The molecule has 3 rings (SSSR count). The van der Waals surface area contributed by atoms with Crippen LogP contribution in [0.3, 0.4) is 0 Å². The molecule has 8 heteroatoms. The fourth-order valence-corrected chi connectivity index (χ4v) is 3.56. The van der Waals surface area contributed by atoms with Crippen molar-refractivity contribution in [3.8, 4) is 0 Å². The molecule has 1 aromatic rings. The quantitative estimate of drug-likeness (QED) is 0.919. The van der Waals surface area contributed by atoms with Crippen molar-refractivity contribution in [2.24, 2.45) is 5.41 Å². The highest BCUT2D eigenvalue weighted by atomic mass is 35.5. The molecule has 2 aliphatic rings. The van der Waals surface area contributed by atoms with Crippen molar-refractivity contribution in [2.45, 2.75) is 38.5 Å². The minimum absolute atomic E-state index is 0. The normalized spacial score (nSPS) is 22.0. The lowest BCUT2D eigenvalue weighted by Crippen LogP contribution is -2.38. The van der Waals surface area contributed by atoms with Gasteiger partial charge in [-0.25, -0.2) is 4.98 Å². The van der Waals surface area contributed by atoms with Gasteiger partial charge in [-0.1, -0.05) is 0 Å². The van der Waals surface area contributed by atoms with E-state index in [2.05, 4.69) is 15.2 Å². The number of halogens is 4. The zero-order valence-electron chi connectivity index (χ0n) is 12.4. The molecule has 2 aliphatic heterocycles. The molecular weight excluding hydrogens is 317 g/mol. The summed E-state index contributed by atoms with van der Waals surface area (Å²) in [4.78, 5) is 6.36. The van der Waals surface area contributed by atoms with Crippen molar-refractivity contribution >= 4 is 12.4 Å². The third-order valence-electron chi connectivity index (χ3n) is 4.70. The Morgan fingerprint density at radius 2 is 1.95 bits per heavy atom. The summed E-state index contributed by atoms with van der Waals surface area (Å²) in [6, 6.07) is 0. The first-order valence-electron chi connectivity index (χ1n) is 7.46. The van der Waals surface area contributed by atoms with Gasteiger partial charge in [0.25, 0.3) is 0 Å². The summed E-state index contributed by atoms with van der Waals surface area (Å²) in [6.07, 6.45) is 2.16. The van der Waals surface area contributed by atoms with Gasteiger partial charge in [0.05, 0.1) is 6.54 Å². The van der Waals surface area contributed by atoms with Crippen molar-refractivity contribution in [3.05, 3.63) is 18.2 Å². The topological polar surface area (TPSA) is 33.1 Å². The van der Waals surface area contributed by atoms with Crippen molar-refractivity contribution in [3.63, 3.8) is 0 Å². The van der Waals surface area contributed by atoms with E-state index in [1.165, 1.54) is 29.8 Å². The molecule has 0 unspecified atom stereocenters. The maximum Gasteiger partial charge on any atom is 0.406 e. The Morgan fingerprint density at radius 3 is 2.64 bits per heavy atom. The molecule has 2 saturated heterocycles. The predicted octanol–water partition coefficient (Wildman–Crippen LogP) is 2.44. The second-order valence-corrected chi connectivity index (χ2v) is 6.30. The number of piperidine rings is 1. The maximum atomic E-state index is 12.5. The number of nitrogens with one attached hydrogen (secondary N) is 1. The third kappa shape index (κ3) is 4.14. The zero-order valence-corrected chi connectivity index (χ0v) is 13.2. The monoisotopic (exact) mass is 338 g/mol. The van der Waals surface area contributed by atoms with E-state index in [0.717, 1.165) is 32.6 Å². The number of aromatic nitrogens is 2. The van der Waals surface area contributed by atoms with Crippen LogP contribution in [0.15, 0.2) is 12.4 Å². The lowest BCUT2D eigenvalue weighted by atomic mass is 9.78. The van der Waals surface area contributed by atoms with Crippen LogP contribution in [0.25, 0.3) is 0 Å². The molecular formula is C14H22ClF3N4. The lowest BCUT2D eigenvalue weighted by Gasteiger charge is -2.33. The minimum Gasteiger partial charge on any atom is -0.325 e. The molecule has 0 aromatic carbocycles. The molecule has 4 nitrogen and oxygen atoms in total. The van der Waals surface area contributed by atoms with E-state index in [1.807, 2.05) is 0 Å². The first-order chi connectivity index (χ1) is 9.96. The molecule has 0 atom stereocenters. The van der Waals surface area contributed by atoms with Crippen LogP contribution >= 0.6 is 12.4 Å². The highest BCUT2D eigenvalue weighted by molar-refractivity contribution is 5.85. The van der Waals surface area contributed by atoms with Gasteiger partial charge >= 0.3 is 6.18 Å². The Kier molecular flexibility index (Phi) is 5.40. The Bertz CT molecular complexity index is 483. The fraction of sp³-hybridized carbons (Fsp3) is 0.786. The van der Waals surface area contributed by atoms with E-state index in [4.69, 9.17) is 0 Å². The molecule has 0 bridgehead atoms. The van der Waals surface area contributed by atoms with Crippen LogP contribution in [0.1, 0.15) is 25.1 Å². The first-order valence-corrected chi connectivity index (χ1v) is 7.46. The summed E-state index contributed by atoms with van der Waals surface area (Å²) in [5.74, 6) is 0.512. The number of rotatable bonds is 3. The number of hydrogen-bond donors (Lipinski definition) is 1. The van der Waals surface area contributed by atoms with Gasteiger partial charge < -0.3 is 9.88 Å². The molecule has 1 aromatic heterocycles. The van der Waals surface area contributed by atoms with Crippen molar-refractivity contribution in [2.75, 3.05) is 26.2 Å². The molecule has 0 radical (unpaired) electrons. The summed E-state index contributed by atoms with van der Waals surface area (Å²) in [5.41, 5.74) is 0.368. The minimum atomic E-state index is -4.20. The maximum absolute atomic E-state index is 12.5. The van der Waals surface area contributed by atoms with Gasteiger partial charge in [-0.05, 0) is 44.3 Å². The van der Waals surface area contributed by atoms with Crippen LogP contribution in [0, 0.1) is 5.41 Å². The van der Waals surface area contributed by atoms with Crippen LogP contribution in [-0.2, 0) is 13.1 Å². The Balaban J connectivity index is 0.00000176. The van der Waals surface area contributed by atoms with E-state index in [0.29, 0.717) is 17.8 Å². The molecule has 126 valence electrons. The Morgan fingerprint density at radius 1 is 1.23 bits per heavy atom. The highest BCUT2D eigenvalue weighted by Crippen LogP contribution is 2.38. The van der Waals surface area contributed by atoms with Crippen molar-refractivity contribution in [1.29, 1.82) is 0 Å². The Hall–Kier alpha value is -0.790. The van der Waals surface area contributed by atoms with Crippen LogP contribution in [0.5, 0.6) is 0 Å². The van der Waals surface area contributed by atoms with E-state index in [9.17, 15) is 13.2 Å². The van der Waals surface area contributed by atoms with Crippen LogP contribution in [0.2, 0.25) is 0 Å². The van der Waals surface area contributed by atoms with E-state index < -0.39 is 12.7 Å². The van der Waals surface area contributed by atoms with Gasteiger partial charge in [-0.2, -0.15) is 13.2 Å². The van der Waals surface area contributed by atoms with E-state index in [1.54, 1.807) is 0 Å². The highest BCUT2D eigenvalue weighted by Gasteiger charge is 2.39. The average molecular weight is 339 g/mol. The van der Waals surface area contributed by atoms with Gasteiger partial charge in [0.15, 0.2) is 0 Å². The molecule has 22 heavy (non-hydrogen) atoms. The summed E-state index contributed by atoms with van der Waals surface area (Å²) >= 11 is 0. The number of hydrogen-bond acceptors (Lipinski definition) is 3. The summed E-state index contributed by atoms with van der Waals surface area (Å²) in [7, 11) is 0. The zero-order chi connectivity index (χ0) is 14.9. The lowest BCUT2D eigenvalue weighted by molar-refractivity contribution is -0.141. The molecule has 3 heterocycles. The summed E-state index contributed by atoms with van der Waals surface area (Å²) in [5, 5.41) is 3.37. The Labute approximate surface area is 134 Å². The van der Waals surface area contributed by atoms with Crippen LogP contribution in [-0.4, -0.2) is 46.8 Å². The SMILES string of the molecule is Cl.FC(F)(F)Cn1ccnc1CN1CCC2(CCNCC2)C1. The average Bonchev–Trinajstić information content (AvgIpc) is 2.98. The second kappa shape index (κ2) is 6.76. The van der Waals surface area contributed by atoms with E-state index in [-0.39, 0.29) is 12.4 Å². The molecule has 0 saturated carbocycles.